The van der Waals surface area contributed by atoms with E-state index in [1.54, 1.807) is 36.4 Å². The van der Waals surface area contributed by atoms with Crippen LogP contribution in [0.3, 0.4) is 0 Å². The van der Waals surface area contributed by atoms with Gasteiger partial charge in [-0.1, -0.05) is 29.8 Å². The Kier molecular flexibility index (Phi) is 5.24. The Morgan fingerprint density at radius 2 is 1.70 bits per heavy atom. The fraction of sp³-hybridized carbons (Fsp3) is 0.0476. The second-order valence-electron chi connectivity index (χ2n) is 5.86. The van der Waals surface area contributed by atoms with Crippen molar-refractivity contribution in [3.8, 4) is 6.07 Å². The zero-order valence-corrected chi connectivity index (χ0v) is 14.6. The van der Waals surface area contributed by atoms with Crippen LogP contribution in [0.4, 0.5) is 11.4 Å². The summed E-state index contributed by atoms with van der Waals surface area (Å²) < 4.78 is 0. The molecule has 6 nitrogen and oxygen atoms in total. The topological polar surface area (TPSA) is 94.9 Å². The average Bonchev–Trinajstić information content (AvgIpc) is 2.70. The third-order valence-electron chi connectivity index (χ3n) is 3.86. The van der Waals surface area contributed by atoms with E-state index in [0.717, 1.165) is 5.56 Å². The number of carbonyl (C=O) groups is 2. The van der Waals surface area contributed by atoms with Gasteiger partial charge in [0, 0.05) is 17.4 Å². The Bertz CT molecular complexity index is 1040. The molecule has 0 saturated heterocycles. The smallest absolute Gasteiger partial charge is 0.274 e. The van der Waals surface area contributed by atoms with Gasteiger partial charge < -0.3 is 10.6 Å². The van der Waals surface area contributed by atoms with Crippen LogP contribution >= 0.6 is 0 Å². The largest absolute Gasteiger partial charge is 0.322 e. The Labute approximate surface area is 156 Å². The summed E-state index contributed by atoms with van der Waals surface area (Å²) in [6, 6.07) is 19.0. The maximum Gasteiger partial charge on any atom is 0.274 e. The maximum atomic E-state index is 12.4. The van der Waals surface area contributed by atoms with Crippen LogP contribution in [-0.4, -0.2) is 16.8 Å². The van der Waals surface area contributed by atoms with Crippen molar-refractivity contribution in [1.29, 1.82) is 5.26 Å². The minimum atomic E-state index is -0.498. The first-order valence-electron chi connectivity index (χ1n) is 8.21. The molecule has 2 aromatic carbocycles. The molecule has 0 saturated carbocycles. The molecular formula is C21H16N4O2. The zero-order valence-electron chi connectivity index (χ0n) is 14.6. The Morgan fingerprint density at radius 3 is 2.44 bits per heavy atom. The van der Waals surface area contributed by atoms with E-state index in [-0.39, 0.29) is 11.6 Å². The zero-order chi connectivity index (χ0) is 19.2. The molecule has 132 valence electrons. The molecule has 1 heterocycles. The lowest BCUT2D eigenvalue weighted by molar-refractivity contribution is 0.102. The SMILES string of the molecule is Cc1ccc(NC(=O)c2ccnc(C(=O)Nc3ccccc3C#N)c2)cc1. The average molecular weight is 356 g/mol. The molecular weight excluding hydrogens is 340 g/mol. The van der Waals surface area contributed by atoms with Gasteiger partial charge in [0.25, 0.3) is 11.8 Å². The van der Waals surface area contributed by atoms with Crippen LogP contribution in [-0.2, 0) is 0 Å². The second-order valence-corrected chi connectivity index (χ2v) is 5.86. The molecule has 0 bridgehead atoms. The molecule has 0 radical (unpaired) electrons. The van der Waals surface area contributed by atoms with Gasteiger partial charge in [0.15, 0.2) is 0 Å². The predicted octanol–water partition coefficient (Wildman–Crippen LogP) is 3.77. The van der Waals surface area contributed by atoms with Gasteiger partial charge in [0.2, 0.25) is 0 Å². The molecule has 3 aromatic rings. The van der Waals surface area contributed by atoms with Crippen LogP contribution in [0, 0.1) is 18.3 Å². The molecule has 0 aliphatic rings. The number of nitrogens with zero attached hydrogens (tertiary/aromatic N) is 2. The van der Waals surface area contributed by atoms with E-state index in [4.69, 9.17) is 5.26 Å². The normalized spacial score (nSPS) is 9.93. The highest BCUT2D eigenvalue weighted by Crippen LogP contribution is 2.15. The third-order valence-corrected chi connectivity index (χ3v) is 3.86. The molecule has 27 heavy (non-hydrogen) atoms. The predicted molar refractivity (Wildman–Crippen MR) is 102 cm³/mol. The van der Waals surface area contributed by atoms with Crippen LogP contribution in [0.1, 0.15) is 32.0 Å². The molecule has 0 atom stereocenters. The van der Waals surface area contributed by atoms with Crippen LogP contribution in [0.25, 0.3) is 0 Å². The fourth-order valence-electron chi connectivity index (χ4n) is 2.41. The number of nitriles is 1. The van der Waals surface area contributed by atoms with Gasteiger partial charge in [0.05, 0.1) is 11.3 Å². The quantitative estimate of drug-likeness (QED) is 0.744. The monoisotopic (exact) mass is 356 g/mol. The lowest BCUT2D eigenvalue weighted by Gasteiger charge is -2.08. The summed E-state index contributed by atoms with van der Waals surface area (Å²) in [7, 11) is 0. The Balaban J connectivity index is 1.76. The number of aryl methyl sites for hydroxylation is 1. The Morgan fingerprint density at radius 1 is 0.963 bits per heavy atom. The van der Waals surface area contributed by atoms with E-state index in [1.165, 1.54) is 18.3 Å². The van der Waals surface area contributed by atoms with E-state index in [9.17, 15) is 9.59 Å². The highest BCUT2D eigenvalue weighted by atomic mass is 16.2. The number of nitrogens with one attached hydrogen (secondary N) is 2. The summed E-state index contributed by atoms with van der Waals surface area (Å²) in [6.45, 7) is 1.96. The van der Waals surface area contributed by atoms with Crippen molar-refractivity contribution in [2.45, 2.75) is 6.92 Å². The van der Waals surface area contributed by atoms with Gasteiger partial charge in [-0.3, -0.25) is 14.6 Å². The first-order chi connectivity index (χ1) is 13.1. The highest BCUT2D eigenvalue weighted by molar-refractivity contribution is 6.08. The van der Waals surface area contributed by atoms with Gasteiger partial charge >= 0.3 is 0 Å². The summed E-state index contributed by atoms with van der Waals surface area (Å²) in [5.74, 6) is -0.838. The number of pyridine rings is 1. The number of hydrogen-bond acceptors (Lipinski definition) is 4. The molecule has 2 N–H and O–H groups in total. The van der Waals surface area contributed by atoms with Crippen LogP contribution in [0.15, 0.2) is 66.9 Å². The van der Waals surface area contributed by atoms with Crippen molar-refractivity contribution in [2.24, 2.45) is 0 Å². The summed E-state index contributed by atoms with van der Waals surface area (Å²) in [5, 5.41) is 14.5. The number of benzene rings is 2. The summed E-state index contributed by atoms with van der Waals surface area (Å²) in [4.78, 5) is 28.9. The van der Waals surface area contributed by atoms with Crippen molar-refractivity contribution in [2.75, 3.05) is 10.6 Å². The number of para-hydroxylation sites is 1. The standard InChI is InChI=1S/C21H16N4O2/c1-14-6-8-17(9-7-14)24-20(26)15-10-11-23-19(12-15)21(27)25-18-5-3-2-4-16(18)13-22/h2-12H,1H3,(H,24,26)(H,25,27). The molecule has 6 heteroatoms. The van der Waals surface area contributed by atoms with Crippen molar-refractivity contribution in [1.82, 2.24) is 4.98 Å². The van der Waals surface area contributed by atoms with Crippen molar-refractivity contribution >= 4 is 23.2 Å². The molecule has 1 aromatic heterocycles. The van der Waals surface area contributed by atoms with Crippen molar-refractivity contribution < 1.29 is 9.59 Å². The second kappa shape index (κ2) is 7.93. The number of amides is 2. The van der Waals surface area contributed by atoms with E-state index >= 15 is 0 Å². The van der Waals surface area contributed by atoms with Gasteiger partial charge in [0.1, 0.15) is 11.8 Å². The number of aromatic nitrogens is 1. The third kappa shape index (κ3) is 4.35. The van der Waals surface area contributed by atoms with Gasteiger partial charge in [-0.05, 0) is 43.3 Å². The molecule has 0 aliphatic carbocycles. The van der Waals surface area contributed by atoms with Gasteiger partial charge in [-0.2, -0.15) is 5.26 Å². The lowest BCUT2D eigenvalue weighted by Crippen LogP contribution is -2.17. The van der Waals surface area contributed by atoms with E-state index in [2.05, 4.69) is 15.6 Å². The summed E-state index contributed by atoms with van der Waals surface area (Å²) in [5.41, 5.74) is 2.88. The van der Waals surface area contributed by atoms with Crippen LogP contribution in [0.5, 0.6) is 0 Å². The van der Waals surface area contributed by atoms with Gasteiger partial charge in [-0.15, -0.1) is 0 Å². The fourth-order valence-corrected chi connectivity index (χ4v) is 2.41. The van der Waals surface area contributed by atoms with Crippen molar-refractivity contribution in [3.05, 3.63) is 89.2 Å². The van der Waals surface area contributed by atoms with E-state index in [0.29, 0.717) is 22.5 Å². The summed E-state index contributed by atoms with van der Waals surface area (Å²) >= 11 is 0. The van der Waals surface area contributed by atoms with E-state index < -0.39 is 5.91 Å². The number of anilines is 2. The molecule has 2 amide bonds. The molecule has 3 rings (SSSR count). The lowest BCUT2D eigenvalue weighted by atomic mass is 10.1. The minimum Gasteiger partial charge on any atom is -0.322 e. The Hall–Kier alpha value is -3.98. The van der Waals surface area contributed by atoms with Crippen LogP contribution in [0.2, 0.25) is 0 Å². The molecule has 0 spiro atoms. The first-order valence-corrected chi connectivity index (χ1v) is 8.21. The minimum absolute atomic E-state index is 0.0827. The van der Waals surface area contributed by atoms with Gasteiger partial charge in [-0.25, -0.2) is 0 Å². The summed E-state index contributed by atoms with van der Waals surface area (Å²) in [6.07, 6.45) is 1.40. The maximum absolute atomic E-state index is 12.4. The highest BCUT2D eigenvalue weighted by Gasteiger charge is 2.13. The number of carbonyl (C=O) groups excluding carboxylic acids is 2. The first kappa shape index (κ1) is 17.8. The number of hydrogen-bond donors (Lipinski definition) is 2. The van der Waals surface area contributed by atoms with Crippen molar-refractivity contribution in [3.63, 3.8) is 0 Å². The number of rotatable bonds is 4. The van der Waals surface area contributed by atoms with E-state index in [1.807, 2.05) is 25.1 Å². The molecule has 0 fully saturated rings. The van der Waals surface area contributed by atoms with Crippen LogP contribution < -0.4 is 10.6 Å². The molecule has 0 unspecified atom stereocenters. The molecule has 0 aliphatic heterocycles.